The molecule has 1 amide bonds. The highest BCUT2D eigenvalue weighted by Crippen LogP contribution is 2.36. The van der Waals surface area contributed by atoms with E-state index in [4.69, 9.17) is 27.9 Å². The molecule has 2 aromatic carbocycles. The van der Waals surface area contributed by atoms with Crippen molar-refractivity contribution in [1.29, 1.82) is 0 Å². The second kappa shape index (κ2) is 8.77. The van der Waals surface area contributed by atoms with Crippen molar-refractivity contribution >= 4 is 46.9 Å². The number of ether oxygens (including phenoxy) is 1. The number of benzene rings is 2. The van der Waals surface area contributed by atoms with E-state index < -0.39 is 0 Å². The Bertz CT molecular complexity index is 789. The molecule has 2 aromatic rings. The van der Waals surface area contributed by atoms with Gasteiger partial charge in [0.15, 0.2) is 0 Å². The number of carbonyl (C=O) groups is 1. The van der Waals surface area contributed by atoms with E-state index in [9.17, 15) is 4.79 Å². The number of morpholine rings is 1. The van der Waals surface area contributed by atoms with E-state index in [-0.39, 0.29) is 5.91 Å². The van der Waals surface area contributed by atoms with E-state index in [1.54, 1.807) is 28.8 Å². The van der Waals surface area contributed by atoms with Crippen molar-refractivity contribution < 1.29 is 9.53 Å². The Morgan fingerprint density at radius 1 is 1.08 bits per heavy atom. The summed E-state index contributed by atoms with van der Waals surface area (Å²) in [5, 5.41) is 1.22. The Kier molecular flexibility index (Phi) is 6.43. The molecule has 0 unspecified atom stereocenters. The third-order valence-electron chi connectivity index (χ3n) is 3.76. The average Bonchev–Trinajstić information content (AvgIpc) is 2.63. The van der Waals surface area contributed by atoms with Crippen molar-refractivity contribution in [3.63, 3.8) is 0 Å². The summed E-state index contributed by atoms with van der Waals surface area (Å²) in [5.74, 6) is 0.00706. The number of halogens is 2. The summed E-state index contributed by atoms with van der Waals surface area (Å²) in [6.45, 7) is 2.47. The Balaban J connectivity index is 1.76. The van der Waals surface area contributed by atoms with Crippen LogP contribution in [0.5, 0.6) is 0 Å². The first-order chi connectivity index (χ1) is 12.1. The number of rotatable bonds is 4. The predicted octanol–water partition coefficient (Wildman–Crippen LogP) is 5.02. The summed E-state index contributed by atoms with van der Waals surface area (Å²) in [5.41, 5.74) is 0.972. The maximum Gasteiger partial charge on any atom is 0.246 e. The van der Waals surface area contributed by atoms with Gasteiger partial charge in [-0.2, -0.15) is 0 Å². The van der Waals surface area contributed by atoms with Crippen LogP contribution >= 0.6 is 35.0 Å². The van der Waals surface area contributed by atoms with Crippen LogP contribution in [0.15, 0.2) is 58.3 Å². The SMILES string of the molecule is O=C(/C=C/c1ccccc1Sc1ccc(Cl)cc1Cl)N1CCOCC1. The highest BCUT2D eigenvalue weighted by atomic mass is 35.5. The van der Waals surface area contributed by atoms with E-state index >= 15 is 0 Å². The molecule has 1 aliphatic heterocycles. The normalized spacial score (nSPS) is 14.9. The van der Waals surface area contributed by atoms with Crippen LogP contribution in [0.25, 0.3) is 6.08 Å². The molecule has 25 heavy (non-hydrogen) atoms. The van der Waals surface area contributed by atoms with Gasteiger partial charge in [0.05, 0.1) is 18.2 Å². The second-order valence-electron chi connectivity index (χ2n) is 5.49. The largest absolute Gasteiger partial charge is 0.378 e. The Labute approximate surface area is 161 Å². The molecule has 1 saturated heterocycles. The first kappa shape index (κ1) is 18.3. The minimum Gasteiger partial charge on any atom is -0.378 e. The molecule has 6 heteroatoms. The maximum atomic E-state index is 12.3. The van der Waals surface area contributed by atoms with Crippen LogP contribution in [0.3, 0.4) is 0 Å². The molecule has 130 valence electrons. The Morgan fingerprint density at radius 3 is 2.60 bits per heavy atom. The average molecular weight is 394 g/mol. The van der Waals surface area contributed by atoms with Gasteiger partial charge in [-0.3, -0.25) is 4.79 Å². The topological polar surface area (TPSA) is 29.5 Å². The second-order valence-corrected chi connectivity index (χ2v) is 7.41. The van der Waals surface area contributed by atoms with Gasteiger partial charge in [0, 0.05) is 34.0 Å². The van der Waals surface area contributed by atoms with Crippen LogP contribution in [0, 0.1) is 0 Å². The highest BCUT2D eigenvalue weighted by molar-refractivity contribution is 7.99. The van der Waals surface area contributed by atoms with E-state index in [0.29, 0.717) is 36.3 Å². The predicted molar refractivity (Wildman–Crippen MR) is 103 cm³/mol. The molecule has 3 rings (SSSR count). The summed E-state index contributed by atoms with van der Waals surface area (Å²) < 4.78 is 5.27. The summed E-state index contributed by atoms with van der Waals surface area (Å²) in [6, 6.07) is 13.3. The third kappa shape index (κ3) is 5.02. The zero-order chi connectivity index (χ0) is 17.6. The molecule has 0 radical (unpaired) electrons. The van der Waals surface area contributed by atoms with Crippen molar-refractivity contribution in [2.24, 2.45) is 0 Å². The highest BCUT2D eigenvalue weighted by Gasteiger charge is 2.14. The minimum absolute atomic E-state index is 0.00706. The Hall–Kier alpha value is -1.46. The van der Waals surface area contributed by atoms with E-state index in [0.717, 1.165) is 15.4 Å². The molecule has 0 aliphatic carbocycles. The fraction of sp³-hybridized carbons (Fsp3) is 0.211. The van der Waals surface area contributed by atoms with E-state index in [1.165, 1.54) is 0 Å². The van der Waals surface area contributed by atoms with Crippen molar-refractivity contribution in [2.45, 2.75) is 9.79 Å². The molecule has 0 N–H and O–H groups in total. The molecule has 3 nitrogen and oxygen atoms in total. The molecule has 0 bridgehead atoms. The minimum atomic E-state index is 0.00706. The number of carbonyl (C=O) groups excluding carboxylic acids is 1. The van der Waals surface area contributed by atoms with Gasteiger partial charge in [-0.1, -0.05) is 53.2 Å². The summed E-state index contributed by atoms with van der Waals surface area (Å²) in [4.78, 5) is 16.0. The summed E-state index contributed by atoms with van der Waals surface area (Å²) in [6.07, 6.45) is 3.47. The van der Waals surface area contributed by atoms with Crippen LogP contribution in [0.2, 0.25) is 10.0 Å². The molecule has 1 heterocycles. The lowest BCUT2D eigenvalue weighted by Gasteiger charge is -2.25. The number of nitrogens with zero attached hydrogens (tertiary/aromatic N) is 1. The quantitative estimate of drug-likeness (QED) is 0.683. The van der Waals surface area contributed by atoms with Crippen LogP contribution in [-0.4, -0.2) is 37.1 Å². The van der Waals surface area contributed by atoms with Crippen LogP contribution < -0.4 is 0 Å². The molecule has 0 atom stereocenters. The maximum absolute atomic E-state index is 12.3. The smallest absolute Gasteiger partial charge is 0.246 e. The molecule has 1 aliphatic rings. The van der Waals surface area contributed by atoms with Crippen molar-refractivity contribution in [3.8, 4) is 0 Å². The van der Waals surface area contributed by atoms with Gasteiger partial charge < -0.3 is 9.64 Å². The van der Waals surface area contributed by atoms with Gasteiger partial charge in [-0.15, -0.1) is 0 Å². The molecular formula is C19H17Cl2NO2S. The first-order valence-electron chi connectivity index (χ1n) is 7.90. The van der Waals surface area contributed by atoms with Gasteiger partial charge in [-0.25, -0.2) is 0 Å². The lowest BCUT2D eigenvalue weighted by Crippen LogP contribution is -2.39. The van der Waals surface area contributed by atoms with Gasteiger partial charge in [0.25, 0.3) is 0 Å². The number of hydrogen-bond acceptors (Lipinski definition) is 3. The summed E-state index contributed by atoms with van der Waals surface area (Å²) >= 11 is 13.8. The lowest BCUT2D eigenvalue weighted by atomic mass is 10.2. The van der Waals surface area contributed by atoms with Gasteiger partial charge in [-0.05, 0) is 35.9 Å². The van der Waals surface area contributed by atoms with Crippen molar-refractivity contribution in [1.82, 2.24) is 4.90 Å². The van der Waals surface area contributed by atoms with Gasteiger partial charge >= 0.3 is 0 Å². The van der Waals surface area contributed by atoms with Gasteiger partial charge in [0.1, 0.15) is 0 Å². The molecule has 0 aromatic heterocycles. The first-order valence-corrected chi connectivity index (χ1v) is 9.47. The van der Waals surface area contributed by atoms with Crippen LogP contribution in [0.1, 0.15) is 5.56 Å². The van der Waals surface area contributed by atoms with E-state index in [1.807, 2.05) is 42.5 Å². The monoisotopic (exact) mass is 393 g/mol. The number of hydrogen-bond donors (Lipinski definition) is 0. The number of amides is 1. The standard InChI is InChI=1S/C19H17Cl2NO2S/c20-15-6-7-18(16(21)13-15)25-17-4-2-1-3-14(17)5-8-19(23)22-9-11-24-12-10-22/h1-8,13H,9-12H2/b8-5+. The van der Waals surface area contributed by atoms with E-state index in [2.05, 4.69) is 0 Å². The summed E-state index contributed by atoms with van der Waals surface area (Å²) in [7, 11) is 0. The zero-order valence-corrected chi connectivity index (χ0v) is 15.8. The van der Waals surface area contributed by atoms with Crippen LogP contribution in [-0.2, 0) is 9.53 Å². The molecule has 0 spiro atoms. The zero-order valence-electron chi connectivity index (χ0n) is 13.5. The molecular weight excluding hydrogens is 377 g/mol. The van der Waals surface area contributed by atoms with Crippen molar-refractivity contribution in [2.75, 3.05) is 26.3 Å². The lowest BCUT2D eigenvalue weighted by molar-refractivity contribution is -0.129. The van der Waals surface area contributed by atoms with Gasteiger partial charge in [0.2, 0.25) is 5.91 Å². The Morgan fingerprint density at radius 2 is 1.84 bits per heavy atom. The molecule has 1 fully saturated rings. The third-order valence-corrected chi connectivity index (χ3v) is 5.59. The van der Waals surface area contributed by atoms with Crippen LogP contribution in [0.4, 0.5) is 0 Å². The fourth-order valence-corrected chi connectivity index (χ4v) is 3.89. The fourth-order valence-electron chi connectivity index (χ4n) is 2.44. The van der Waals surface area contributed by atoms with Crippen molar-refractivity contribution in [3.05, 3.63) is 64.1 Å². The molecule has 0 saturated carbocycles.